The van der Waals surface area contributed by atoms with Crippen molar-refractivity contribution in [2.45, 2.75) is 92.6 Å². The number of aromatic nitrogens is 4. The number of fused-ring (bicyclic) bond motifs is 4. The SMILES string of the molecule is [2H]C([2H])([2H])c1c[c-]c(-c2cc(C([2H])(C)C)c([Si](C)(C)C)cn2)c(F)c1.[2H]C([2H])([2H])c1ccc(-c2ccc3c(n2)sc2c(-c4nc5ccccc5n4-c4c(C(C)C)cccc4C(C)C)[c-]ccc23)cc1.[Ir]. The Kier molecular flexibility index (Phi) is 11.0. The van der Waals surface area contributed by atoms with Crippen LogP contribution in [0.4, 0.5) is 4.39 Å². The van der Waals surface area contributed by atoms with E-state index in [-0.39, 0.29) is 31.2 Å². The van der Waals surface area contributed by atoms with Crippen LogP contribution in [0.3, 0.4) is 0 Å². The molecule has 8 heteroatoms. The van der Waals surface area contributed by atoms with Crippen LogP contribution in [0, 0.1) is 31.7 Å². The van der Waals surface area contributed by atoms with E-state index in [1.165, 1.54) is 22.9 Å². The number of pyridine rings is 2. The Balaban J connectivity index is 0.000000238. The Hall–Kier alpha value is -5.11. The number of nitrogens with zero attached hydrogens (tertiary/aromatic N) is 4. The van der Waals surface area contributed by atoms with Crippen molar-refractivity contribution in [3.8, 4) is 39.6 Å². The number of aryl methyl sites for hydroxylation is 2. The van der Waals surface area contributed by atoms with Gasteiger partial charge in [0, 0.05) is 53.0 Å². The van der Waals surface area contributed by atoms with Crippen molar-refractivity contribution in [3.63, 3.8) is 0 Å². The molecule has 63 heavy (non-hydrogen) atoms. The minimum absolute atomic E-state index is 0. The predicted molar refractivity (Wildman–Crippen MR) is 265 cm³/mol. The van der Waals surface area contributed by atoms with Gasteiger partial charge in [0.15, 0.2) is 0 Å². The summed E-state index contributed by atoms with van der Waals surface area (Å²) >= 11 is 1.65. The standard InChI is InChI=1S/C37H32N3S.C18H23FNSi.Ir/c1-22(2)26-10-8-11-27(23(3)4)34(26)40-33-15-7-6-14-32(33)38-36(40)30-13-9-12-28-29-20-21-31(39-37(29)41-35(28)30)25-18-16-24(5)17-19-25;1-12(2)15-10-17(20-11-18(15)21(4,5)6)14-8-7-13(3)9-16(14)19;/h6-12,14-23H,1-5H3;7,9-12H,1-6H3;/q2*-1;/i5D3;3D3,12D;. The molecule has 0 amide bonds. The van der Waals surface area contributed by atoms with E-state index in [4.69, 9.17) is 19.6 Å². The second kappa shape index (κ2) is 18.5. The summed E-state index contributed by atoms with van der Waals surface area (Å²) in [5.41, 5.74) is 10.0. The third kappa shape index (κ3) is 9.15. The van der Waals surface area contributed by atoms with Gasteiger partial charge in [-0.15, -0.1) is 42.0 Å². The van der Waals surface area contributed by atoms with Gasteiger partial charge in [0.05, 0.1) is 30.6 Å². The van der Waals surface area contributed by atoms with Gasteiger partial charge in [0.1, 0.15) is 4.83 Å². The van der Waals surface area contributed by atoms with Crippen molar-refractivity contribution in [3.05, 3.63) is 161 Å². The van der Waals surface area contributed by atoms with Crippen LogP contribution in [-0.4, -0.2) is 27.6 Å². The van der Waals surface area contributed by atoms with Gasteiger partial charge in [-0.25, -0.2) is 4.98 Å². The van der Waals surface area contributed by atoms with Gasteiger partial charge in [-0.2, -0.15) is 11.3 Å². The first-order chi connectivity index (χ1) is 32.3. The number of benzene rings is 5. The van der Waals surface area contributed by atoms with Crippen LogP contribution >= 0.6 is 11.3 Å². The number of imidazole rings is 1. The van der Waals surface area contributed by atoms with Gasteiger partial charge in [-0.3, -0.25) is 9.37 Å². The summed E-state index contributed by atoms with van der Waals surface area (Å²) in [6, 6.07) is 40.6. The number of hydrogen-bond acceptors (Lipinski definition) is 4. The fraction of sp³-hybridized carbons (Fsp3) is 0.255. The van der Waals surface area contributed by atoms with Gasteiger partial charge in [-0.05, 0) is 74.9 Å². The van der Waals surface area contributed by atoms with E-state index in [0.717, 1.165) is 70.8 Å². The maximum absolute atomic E-state index is 14.5. The Bertz CT molecular complexity index is 3340. The van der Waals surface area contributed by atoms with E-state index in [1.807, 2.05) is 30.3 Å². The van der Waals surface area contributed by atoms with E-state index in [9.17, 15) is 4.39 Å². The number of para-hydroxylation sites is 3. The summed E-state index contributed by atoms with van der Waals surface area (Å²) in [4.78, 5) is 15.6. The summed E-state index contributed by atoms with van der Waals surface area (Å²) < 4.78 is 71.5. The molecule has 1 radical (unpaired) electrons. The van der Waals surface area contributed by atoms with E-state index < -0.39 is 33.5 Å². The van der Waals surface area contributed by atoms with Gasteiger partial charge in [0.2, 0.25) is 0 Å². The fourth-order valence-electron chi connectivity index (χ4n) is 8.05. The van der Waals surface area contributed by atoms with Crippen LogP contribution in [0.2, 0.25) is 19.6 Å². The first kappa shape index (κ1) is 37.3. The molecule has 0 aliphatic rings. The van der Waals surface area contributed by atoms with Crippen LogP contribution in [0.15, 0.2) is 115 Å². The molecule has 0 bridgehead atoms. The van der Waals surface area contributed by atoms with Gasteiger partial charge >= 0.3 is 0 Å². The van der Waals surface area contributed by atoms with Crippen LogP contribution in [0.1, 0.15) is 96.7 Å². The van der Waals surface area contributed by atoms with Crippen molar-refractivity contribution in [2.75, 3.05) is 0 Å². The fourth-order valence-corrected chi connectivity index (χ4v) is 10.8. The second-order valence-corrected chi connectivity index (χ2v) is 23.7. The molecule has 0 saturated carbocycles. The maximum atomic E-state index is 14.5. The monoisotopic (exact) mass is 1050 g/mol. The minimum atomic E-state index is -2.38. The molecule has 0 atom stereocenters. The number of hydrogen-bond donors (Lipinski definition) is 0. The van der Waals surface area contributed by atoms with E-state index >= 15 is 0 Å². The second-order valence-electron chi connectivity index (χ2n) is 17.7. The zero-order valence-corrected chi connectivity index (χ0v) is 41.2. The molecule has 323 valence electrons. The Morgan fingerprint density at radius 3 is 2.10 bits per heavy atom. The third-order valence-corrected chi connectivity index (χ3v) is 14.4. The van der Waals surface area contributed by atoms with Gasteiger partial charge in [-0.1, -0.05) is 162 Å². The van der Waals surface area contributed by atoms with Crippen LogP contribution in [0.25, 0.3) is 70.9 Å². The molecule has 5 aromatic carbocycles. The summed E-state index contributed by atoms with van der Waals surface area (Å²) in [6.45, 7) is 14.6. The molecule has 9 aromatic rings. The van der Waals surface area contributed by atoms with Gasteiger partial charge in [0.25, 0.3) is 0 Å². The predicted octanol–water partition coefficient (Wildman–Crippen LogP) is 15.1. The maximum Gasteiger partial charge on any atom is 0.114 e. The minimum Gasteiger partial charge on any atom is -0.333 e. The quantitative estimate of drug-likeness (QED) is 0.113. The number of rotatable bonds is 8. The molecule has 4 heterocycles. The molecular formula is C55H55FIrN4SSi-2. The van der Waals surface area contributed by atoms with Crippen LogP contribution < -0.4 is 5.19 Å². The summed E-state index contributed by atoms with van der Waals surface area (Å²) in [7, 11) is -1.72. The van der Waals surface area contributed by atoms with Gasteiger partial charge < -0.3 is 9.55 Å². The third-order valence-electron chi connectivity index (χ3n) is 11.2. The smallest absolute Gasteiger partial charge is 0.114 e. The average Bonchev–Trinajstić information content (AvgIpc) is 3.86. The first-order valence-corrected chi connectivity index (χ1v) is 25.3. The number of thiophene rings is 1. The van der Waals surface area contributed by atoms with Crippen molar-refractivity contribution >= 4 is 55.9 Å². The number of halogens is 1. The zero-order chi connectivity index (χ0) is 50.0. The Morgan fingerprint density at radius 2 is 1.44 bits per heavy atom. The molecule has 0 fully saturated rings. The van der Waals surface area contributed by atoms with Crippen LogP contribution in [0.5, 0.6) is 0 Å². The van der Waals surface area contributed by atoms with E-state index in [0.29, 0.717) is 23.1 Å². The average molecular weight is 1050 g/mol. The van der Waals surface area contributed by atoms with Crippen molar-refractivity contribution < 1.29 is 34.1 Å². The summed E-state index contributed by atoms with van der Waals surface area (Å²) in [5, 5.41) is 3.27. The molecule has 4 aromatic heterocycles. The molecule has 0 unspecified atom stereocenters. The van der Waals surface area contributed by atoms with Crippen LogP contribution in [-0.2, 0) is 20.1 Å². The van der Waals surface area contributed by atoms with E-state index in [2.05, 4.69) is 118 Å². The Morgan fingerprint density at radius 1 is 0.730 bits per heavy atom. The van der Waals surface area contributed by atoms with Crippen molar-refractivity contribution in [2.24, 2.45) is 0 Å². The summed E-state index contributed by atoms with van der Waals surface area (Å²) in [5.74, 6) is 0.0218. The topological polar surface area (TPSA) is 43.6 Å². The van der Waals surface area contributed by atoms with Crippen molar-refractivity contribution in [1.82, 2.24) is 19.5 Å². The molecule has 0 aliphatic heterocycles. The molecule has 0 saturated heterocycles. The normalized spacial score (nSPS) is 14.0. The molecular weight excluding hydrogens is 988 g/mol. The summed E-state index contributed by atoms with van der Waals surface area (Å²) in [6.07, 6.45) is 1.73. The molecule has 9 rings (SSSR count). The molecule has 0 aliphatic carbocycles. The molecule has 4 nitrogen and oxygen atoms in total. The van der Waals surface area contributed by atoms with E-state index in [1.54, 1.807) is 49.6 Å². The Labute approximate surface area is 400 Å². The largest absolute Gasteiger partial charge is 0.333 e. The zero-order valence-electron chi connectivity index (χ0n) is 44.0. The first-order valence-electron chi connectivity index (χ1n) is 24.5. The molecule has 0 N–H and O–H groups in total. The van der Waals surface area contributed by atoms with Crippen molar-refractivity contribution in [1.29, 1.82) is 0 Å². The molecule has 0 spiro atoms.